The Morgan fingerprint density at radius 1 is 1.05 bits per heavy atom. The first-order chi connectivity index (χ1) is 9.84. The summed E-state index contributed by atoms with van der Waals surface area (Å²) in [6.07, 6.45) is 1.75. The number of ether oxygens (including phenoxy) is 1. The molecule has 0 unspecified atom stereocenters. The number of hydrogen-bond acceptors (Lipinski definition) is 2. The molecule has 0 spiro atoms. The molecule has 1 heterocycles. The number of nitrogens with zero attached hydrogens (tertiary/aromatic N) is 1. The normalized spacial score (nSPS) is 13.7. The van der Waals surface area contributed by atoms with Gasteiger partial charge in [0.2, 0.25) is 0 Å². The van der Waals surface area contributed by atoms with Gasteiger partial charge in [-0.3, -0.25) is 4.90 Å². The molecule has 20 heavy (non-hydrogen) atoms. The lowest BCUT2D eigenvalue weighted by Gasteiger charge is -2.28. The van der Waals surface area contributed by atoms with Gasteiger partial charge >= 0.3 is 6.09 Å². The van der Waals surface area contributed by atoms with Gasteiger partial charge in [0, 0.05) is 6.54 Å². The van der Waals surface area contributed by atoms with Crippen LogP contribution in [-0.2, 0) is 17.8 Å². The lowest BCUT2D eigenvalue weighted by molar-refractivity contribution is 0.146. The second-order valence-corrected chi connectivity index (χ2v) is 4.92. The number of fused-ring (bicyclic) bond motifs is 1. The maximum Gasteiger partial charge on any atom is 0.414 e. The van der Waals surface area contributed by atoms with Crippen LogP contribution in [0.25, 0.3) is 0 Å². The first kappa shape index (κ1) is 12.7. The van der Waals surface area contributed by atoms with E-state index in [0.717, 1.165) is 30.6 Å². The van der Waals surface area contributed by atoms with Gasteiger partial charge in [-0.25, -0.2) is 4.79 Å². The van der Waals surface area contributed by atoms with Crippen LogP contribution in [0.2, 0.25) is 0 Å². The van der Waals surface area contributed by atoms with Crippen LogP contribution >= 0.6 is 0 Å². The fraction of sp³-hybridized carbons (Fsp3) is 0.235. The molecular weight excluding hydrogens is 250 g/mol. The van der Waals surface area contributed by atoms with Crippen molar-refractivity contribution in [3.05, 3.63) is 65.7 Å². The van der Waals surface area contributed by atoms with Crippen LogP contribution in [0.3, 0.4) is 0 Å². The molecule has 2 aromatic rings. The van der Waals surface area contributed by atoms with Gasteiger partial charge < -0.3 is 4.74 Å². The van der Waals surface area contributed by atoms with E-state index in [0.29, 0.717) is 6.61 Å². The molecule has 0 fully saturated rings. The van der Waals surface area contributed by atoms with Gasteiger partial charge in [0.15, 0.2) is 0 Å². The molecule has 3 heteroatoms. The summed E-state index contributed by atoms with van der Waals surface area (Å²) in [6, 6.07) is 17.8. The first-order valence-corrected chi connectivity index (χ1v) is 6.91. The Morgan fingerprint density at radius 3 is 2.65 bits per heavy atom. The van der Waals surface area contributed by atoms with Crippen LogP contribution in [0.1, 0.15) is 17.5 Å². The second kappa shape index (κ2) is 5.78. The zero-order valence-corrected chi connectivity index (χ0v) is 11.3. The van der Waals surface area contributed by atoms with Crippen LogP contribution in [0, 0.1) is 0 Å². The van der Waals surface area contributed by atoms with Gasteiger partial charge in [0.1, 0.15) is 6.61 Å². The Labute approximate surface area is 118 Å². The number of benzene rings is 2. The van der Waals surface area contributed by atoms with Crippen LogP contribution in [0.4, 0.5) is 10.5 Å². The summed E-state index contributed by atoms with van der Waals surface area (Å²) in [5, 5.41) is 0. The molecule has 102 valence electrons. The monoisotopic (exact) mass is 267 g/mol. The van der Waals surface area contributed by atoms with Crippen molar-refractivity contribution in [2.24, 2.45) is 0 Å². The topological polar surface area (TPSA) is 29.5 Å². The third-order valence-corrected chi connectivity index (χ3v) is 3.54. The molecular formula is C17H17NO2. The molecule has 1 aliphatic heterocycles. The summed E-state index contributed by atoms with van der Waals surface area (Å²) in [6.45, 7) is 1.04. The summed E-state index contributed by atoms with van der Waals surface area (Å²) >= 11 is 0. The van der Waals surface area contributed by atoms with Crippen molar-refractivity contribution in [1.82, 2.24) is 0 Å². The molecule has 2 aromatic carbocycles. The predicted molar refractivity (Wildman–Crippen MR) is 78.7 cm³/mol. The number of carbonyl (C=O) groups excluding carboxylic acids is 1. The lowest BCUT2D eigenvalue weighted by Crippen LogP contribution is -2.35. The minimum Gasteiger partial charge on any atom is -0.444 e. The minimum absolute atomic E-state index is 0.263. The molecule has 0 saturated heterocycles. The van der Waals surface area contributed by atoms with Crippen LogP contribution in [-0.4, -0.2) is 12.6 Å². The number of rotatable bonds is 2. The number of amides is 1. The van der Waals surface area contributed by atoms with Crippen LogP contribution in [0.5, 0.6) is 0 Å². The van der Waals surface area contributed by atoms with E-state index in [1.54, 1.807) is 4.90 Å². The fourth-order valence-electron chi connectivity index (χ4n) is 2.52. The van der Waals surface area contributed by atoms with Crippen LogP contribution < -0.4 is 4.90 Å². The summed E-state index contributed by atoms with van der Waals surface area (Å²) in [7, 11) is 0. The smallest absolute Gasteiger partial charge is 0.414 e. The van der Waals surface area contributed by atoms with E-state index < -0.39 is 0 Å². The molecule has 0 aliphatic carbocycles. The van der Waals surface area contributed by atoms with Gasteiger partial charge in [0.25, 0.3) is 0 Å². The third kappa shape index (κ3) is 2.67. The average Bonchev–Trinajstić information content (AvgIpc) is 2.53. The van der Waals surface area contributed by atoms with Gasteiger partial charge in [-0.1, -0.05) is 48.5 Å². The standard InChI is InChI=1S/C17H17NO2/c19-17(20-13-14-7-2-1-3-8-14)18-12-6-10-15-9-4-5-11-16(15)18/h1-5,7-9,11H,6,10,12-13H2. The molecule has 0 radical (unpaired) electrons. The van der Waals surface area contributed by atoms with E-state index in [2.05, 4.69) is 6.07 Å². The number of carbonyl (C=O) groups is 1. The zero-order valence-electron chi connectivity index (χ0n) is 11.3. The molecule has 0 atom stereocenters. The number of hydrogen-bond donors (Lipinski definition) is 0. The zero-order chi connectivity index (χ0) is 13.8. The number of aryl methyl sites for hydroxylation is 1. The molecule has 1 amide bonds. The summed E-state index contributed by atoms with van der Waals surface area (Å²) in [4.78, 5) is 14.0. The second-order valence-electron chi connectivity index (χ2n) is 4.92. The Morgan fingerprint density at radius 2 is 1.80 bits per heavy atom. The molecule has 1 aliphatic rings. The van der Waals surface area contributed by atoms with Gasteiger partial charge in [-0.15, -0.1) is 0 Å². The summed E-state index contributed by atoms with van der Waals surface area (Å²) in [5.74, 6) is 0. The average molecular weight is 267 g/mol. The SMILES string of the molecule is O=C(OCc1ccccc1)N1CCCc2ccccc21. The summed E-state index contributed by atoms with van der Waals surface area (Å²) in [5.41, 5.74) is 3.21. The van der Waals surface area contributed by atoms with Crippen molar-refractivity contribution in [2.75, 3.05) is 11.4 Å². The highest BCUT2D eigenvalue weighted by Gasteiger charge is 2.23. The highest BCUT2D eigenvalue weighted by Crippen LogP contribution is 2.27. The third-order valence-electron chi connectivity index (χ3n) is 3.54. The Kier molecular flexibility index (Phi) is 3.68. The number of anilines is 1. The Hall–Kier alpha value is -2.29. The molecule has 3 rings (SSSR count). The lowest BCUT2D eigenvalue weighted by atomic mass is 10.0. The van der Waals surface area contributed by atoms with Crippen LogP contribution in [0.15, 0.2) is 54.6 Å². The summed E-state index contributed by atoms with van der Waals surface area (Å²) < 4.78 is 5.41. The Balaban J connectivity index is 1.69. The van der Waals surface area contributed by atoms with Crippen molar-refractivity contribution < 1.29 is 9.53 Å². The molecule has 0 N–H and O–H groups in total. The molecule has 0 bridgehead atoms. The molecule has 0 saturated carbocycles. The van der Waals surface area contributed by atoms with E-state index in [1.807, 2.05) is 48.5 Å². The van der Waals surface area contributed by atoms with E-state index in [9.17, 15) is 4.79 Å². The first-order valence-electron chi connectivity index (χ1n) is 6.91. The molecule has 3 nitrogen and oxygen atoms in total. The van der Waals surface area contributed by atoms with Crippen molar-refractivity contribution >= 4 is 11.8 Å². The van der Waals surface area contributed by atoms with Gasteiger partial charge in [-0.05, 0) is 30.0 Å². The fourth-order valence-corrected chi connectivity index (χ4v) is 2.52. The van der Waals surface area contributed by atoms with Gasteiger partial charge in [-0.2, -0.15) is 0 Å². The van der Waals surface area contributed by atoms with E-state index in [1.165, 1.54) is 5.56 Å². The maximum atomic E-state index is 12.2. The van der Waals surface area contributed by atoms with E-state index in [4.69, 9.17) is 4.74 Å². The van der Waals surface area contributed by atoms with Crippen molar-refractivity contribution in [2.45, 2.75) is 19.4 Å². The van der Waals surface area contributed by atoms with Crippen molar-refractivity contribution in [3.63, 3.8) is 0 Å². The van der Waals surface area contributed by atoms with E-state index >= 15 is 0 Å². The minimum atomic E-state index is -0.263. The van der Waals surface area contributed by atoms with Gasteiger partial charge in [0.05, 0.1) is 5.69 Å². The maximum absolute atomic E-state index is 12.2. The highest BCUT2D eigenvalue weighted by molar-refractivity contribution is 5.89. The quantitative estimate of drug-likeness (QED) is 0.828. The van der Waals surface area contributed by atoms with E-state index in [-0.39, 0.29) is 6.09 Å². The van der Waals surface area contributed by atoms with Crippen molar-refractivity contribution in [3.8, 4) is 0 Å². The molecule has 0 aromatic heterocycles. The predicted octanol–water partition coefficient (Wildman–Crippen LogP) is 3.78. The number of para-hydroxylation sites is 1. The largest absolute Gasteiger partial charge is 0.444 e. The Bertz CT molecular complexity index is 595. The highest BCUT2D eigenvalue weighted by atomic mass is 16.6. The van der Waals surface area contributed by atoms with Crippen molar-refractivity contribution in [1.29, 1.82) is 0 Å².